The SMILES string of the molecule is Clc1ccc2nnc3c(Br)cnn3c2c1. The topological polar surface area (TPSA) is 43.1 Å². The smallest absolute Gasteiger partial charge is 0.192 e. The van der Waals surface area contributed by atoms with Gasteiger partial charge in [0.1, 0.15) is 5.52 Å². The predicted octanol–water partition coefficient (Wildman–Crippen LogP) is 2.69. The molecule has 2 heterocycles. The fourth-order valence-electron chi connectivity index (χ4n) is 1.44. The van der Waals surface area contributed by atoms with E-state index in [0.29, 0.717) is 10.7 Å². The van der Waals surface area contributed by atoms with Crippen LogP contribution in [0.15, 0.2) is 28.9 Å². The van der Waals surface area contributed by atoms with Gasteiger partial charge in [-0.25, -0.2) is 4.52 Å². The van der Waals surface area contributed by atoms with E-state index in [0.717, 1.165) is 15.5 Å². The molecular formula is C9H4BrClN4. The normalized spacial score (nSPS) is 11.3. The van der Waals surface area contributed by atoms with E-state index in [1.165, 1.54) is 0 Å². The maximum Gasteiger partial charge on any atom is 0.192 e. The molecule has 74 valence electrons. The van der Waals surface area contributed by atoms with Crippen LogP contribution in [0.4, 0.5) is 0 Å². The van der Waals surface area contributed by atoms with Crippen molar-refractivity contribution in [1.29, 1.82) is 0 Å². The lowest BCUT2D eigenvalue weighted by molar-refractivity contribution is 0.943. The Labute approximate surface area is 98.0 Å². The van der Waals surface area contributed by atoms with Crippen molar-refractivity contribution < 1.29 is 0 Å². The Kier molecular flexibility index (Phi) is 1.90. The van der Waals surface area contributed by atoms with Gasteiger partial charge in [-0.05, 0) is 34.1 Å². The van der Waals surface area contributed by atoms with Crippen molar-refractivity contribution in [2.24, 2.45) is 0 Å². The molecule has 0 fully saturated rings. The number of rotatable bonds is 0. The first-order valence-corrected chi connectivity index (χ1v) is 5.38. The molecule has 0 amide bonds. The summed E-state index contributed by atoms with van der Waals surface area (Å²) in [5, 5.41) is 13.0. The van der Waals surface area contributed by atoms with Crippen molar-refractivity contribution in [3.63, 3.8) is 0 Å². The molecule has 0 unspecified atom stereocenters. The molecule has 0 aliphatic rings. The van der Waals surface area contributed by atoms with Crippen LogP contribution in [0.1, 0.15) is 0 Å². The summed E-state index contributed by atoms with van der Waals surface area (Å²) in [4.78, 5) is 0. The zero-order chi connectivity index (χ0) is 10.4. The highest BCUT2D eigenvalue weighted by Crippen LogP contribution is 2.21. The van der Waals surface area contributed by atoms with Gasteiger partial charge in [-0.1, -0.05) is 11.6 Å². The lowest BCUT2D eigenvalue weighted by Crippen LogP contribution is -1.95. The summed E-state index contributed by atoms with van der Waals surface area (Å²) in [5.41, 5.74) is 2.30. The Morgan fingerprint density at radius 2 is 2.13 bits per heavy atom. The fraction of sp³-hybridized carbons (Fsp3) is 0. The molecule has 1 aromatic carbocycles. The standard InChI is InChI=1S/C9H4BrClN4/c10-6-4-12-15-8-3-5(11)1-2-7(8)13-14-9(6)15/h1-4H. The molecule has 0 aliphatic heterocycles. The van der Waals surface area contributed by atoms with E-state index in [1.807, 2.05) is 12.1 Å². The van der Waals surface area contributed by atoms with Gasteiger partial charge >= 0.3 is 0 Å². The first-order chi connectivity index (χ1) is 7.25. The van der Waals surface area contributed by atoms with E-state index in [1.54, 1.807) is 16.8 Å². The summed E-state index contributed by atoms with van der Waals surface area (Å²) in [6, 6.07) is 5.42. The summed E-state index contributed by atoms with van der Waals surface area (Å²) < 4.78 is 2.52. The number of hydrogen-bond acceptors (Lipinski definition) is 3. The second-order valence-electron chi connectivity index (χ2n) is 3.06. The van der Waals surface area contributed by atoms with E-state index in [-0.39, 0.29) is 0 Å². The molecule has 0 atom stereocenters. The van der Waals surface area contributed by atoms with Gasteiger partial charge in [0, 0.05) is 5.02 Å². The Bertz CT molecular complexity index is 664. The monoisotopic (exact) mass is 282 g/mol. The Morgan fingerprint density at radius 1 is 1.27 bits per heavy atom. The maximum absolute atomic E-state index is 5.92. The summed E-state index contributed by atoms with van der Waals surface area (Å²) in [6.45, 7) is 0. The molecule has 0 aliphatic carbocycles. The van der Waals surface area contributed by atoms with Gasteiger partial charge in [-0.3, -0.25) is 0 Å². The lowest BCUT2D eigenvalue weighted by atomic mass is 10.3. The summed E-state index contributed by atoms with van der Waals surface area (Å²) in [6.07, 6.45) is 1.68. The van der Waals surface area contributed by atoms with Gasteiger partial charge in [0.2, 0.25) is 0 Å². The number of halogens is 2. The molecule has 0 spiro atoms. The van der Waals surface area contributed by atoms with E-state index in [2.05, 4.69) is 31.2 Å². The molecule has 0 bridgehead atoms. The average molecular weight is 284 g/mol. The minimum Gasteiger partial charge on any atom is -0.210 e. The molecular weight excluding hydrogens is 279 g/mol. The lowest BCUT2D eigenvalue weighted by Gasteiger charge is -1.99. The molecule has 3 aromatic rings. The third-order valence-corrected chi connectivity index (χ3v) is 2.91. The van der Waals surface area contributed by atoms with Gasteiger partial charge in [0.05, 0.1) is 16.2 Å². The minimum atomic E-state index is 0.656. The van der Waals surface area contributed by atoms with Crippen LogP contribution in [0.2, 0.25) is 5.02 Å². The van der Waals surface area contributed by atoms with Crippen molar-refractivity contribution >= 4 is 44.2 Å². The fourth-order valence-corrected chi connectivity index (χ4v) is 1.95. The molecule has 3 rings (SSSR count). The van der Waals surface area contributed by atoms with Crippen LogP contribution >= 0.6 is 27.5 Å². The van der Waals surface area contributed by atoms with Crippen LogP contribution in [0.25, 0.3) is 16.7 Å². The molecule has 15 heavy (non-hydrogen) atoms. The Hall–Kier alpha value is -1.20. The molecule has 0 N–H and O–H groups in total. The van der Waals surface area contributed by atoms with E-state index in [4.69, 9.17) is 11.6 Å². The van der Waals surface area contributed by atoms with Gasteiger partial charge < -0.3 is 0 Å². The van der Waals surface area contributed by atoms with Crippen molar-refractivity contribution in [1.82, 2.24) is 19.8 Å². The second kappa shape index (κ2) is 3.15. The Balaban J connectivity index is 2.57. The zero-order valence-electron chi connectivity index (χ0n) is 7.35. The number of aromatic nitrogens is 4. The quantitative estimate of drug-likeness (QED) is 0.637. The number of nitrogens with zero attached hydrogens (tertiary/aromatic N) is 4. The molecule has 4 nitrogen and oxygen atoms in total. The molecule has 0 radical (unpaired) electrons. The van der Waals surface area contributed by atoms with Crippen LogP contribution in [0, 0.1) is 0 Å². The van der Waals surface area contributed by atoms with Crippen LogP contribution < -0.4 is 0 Å². The van der Waals surface area contributed by atoms with Crippen LogP contribution in [0.5, 0.6) is 0 Å². The number of benzene rings is 1. The van der Waals surface area contributed by atoms with Crippen LogP contribution in [-0.4, -0.2) is 19.8 Å². The Morgan fingerprint density at radius 3 is 3.00 bits per heavy atom. The first kappa shape index (κ1) is 9.06. The number of hydrogen-bond donors (Lipinski definition) is 0. The highest BCUT2D eigenvalue weighted by atomic mass is 79.9. The van der Waals surface area contributed by atoms with Crippen molar-refractivity contribution in [3.05, 3.63) is 33.9 Å². The number of fused-ring (bicyclic) bond motifs is 3. The molecule has 0 saturated heterocycles. The van der Waals surface area contributed by atoms with Crippen LogP contribution in [0.3, 0.4) is 0 Å². The summed E-state index contributed by atoms with van der Waals surface area (Å²) in [7, 11) is 0. The first-order valence-electron chi connectivity index (χ1n) is 4.21. The molecule has 2 aromatic heterocycles. The van der Waals surface area contributed by atoms with Crippen molar-refractivity contribution in [2.75, 3.05) is 0 Å². The van der Waals surface area contributed by atoms with Crippen molar-refractivity contribution in [3.8, 4) is 0 Å². The van der Waals surface area contributed by atoms with E-state index in [9.17, 15) is 0 Å². The highest BCUT2D eigenvalue weighted by Gasteiger charge is 2.07. The third-order valence-electron chi connectivity index (χ3n) is 2.12. The molecule has 0 saturated carbocycles. The second-order valence-corrected chi connectivity index (χ2v) is 4.35. The average Bonchev–Trinajstić information content (AvgIpc) is 2.61. The van der Waals surface area contributed by atoms with Gasteiger partial charge in [-0.15, -0.1) is 10.2 Å². The van der Waals surface area contributed by atoms with Crippen LogP contribution in [-0.2, 0) is 0 Å². The largest absolute Gasteiger partial charge is 0.210 e. The maximum atomic E-state index is 5.92. The third kappa shape index (κ3) is 1.31. The van der Waals surface area contributed by atoms with E-state index >= 15 is 0 Å². The van der Waals surface area contributed by atoms with E-state index < -0.39 is 0 Å². The summed E-state index contributed by atoms with van der Waals surface area (Å²) in [5.74, 6) is 0. The highest BCUT2D eigenvalue weighted by molar-refractivity contribution is 9.10. The van der Waals surface area contributed by atoms with Crippen molar-refractivity contribution in [2.45, 2.75) is 0 Å². The van der Waals surface area contributed by atoms with Gasteiger partial charge in [-0.2, -0.15) is 5.10 Å². The van der Waals surface area contributed by atoms with Gasteiger partial charge in [0.25, 0.3) is 0 Å². The van der Waals surface area contributed by atoms with Gasteiger partial charge in [0.15, 0.2) is 5.65 Å². The minimum absolute atomic E-state index is 0.656. The zero-order valence-corrected chi connectivity index (χ0v) is 9.70. The molecule has 6 heteroatoms. The summed E-state index contributed by atoms with van der Waals surface area (Å²) >= 11 is 9.28. The predicted molar refractivity (Wildman–Crippen MR) is 61.0 cm³/mol.